The molecule has 2 aromatic heterocycles. The number of carbonyl (C=O) groups is 1. The van der Waals surface area contributed by atoms with Gasteiger partial charge in [0.25, 0.3) is 0 Å². The van der Waals surface area contributed by atoms with Gasteiger partial charge in [-0.3, -0.25) is 14.8 Å². The molecule has 5 heteroatoms. The van der Waals surface area contributed by atoms with Crippen molar-refractivity contribution in [3.63, 3.8) is 0 Å². The van der Waals surface area contributed by atoms with Gasteiger partial charge in [-0.05, 0) is 60.6 Å². The Labute approximate surface area is 148 Å². The van der Waals surface area contributed by atoms with Crippen LogP contribution >= 0.6 is 0 Å². The third-order valence-electron chi connectivity index (χ3n) is 5.31. The number of rotatable bonds is 4. The van der Waals surface area contributed by atoms with Crippen molar-refractivity contribution in [3.8, 4) is 0 Å². The summed E-state index contributed by atoms with van der Waals surface area (Å²) in [6, 6.07) is 8.03. The highest BCUT2D eigenvalue weighted by molar-refractivity contribution is 5.80. The summed E-state index contributed by atoms with van der Waals surface area (Å²) in [6.45, 7) is 2.35. The molecule has 0 radical (unpaired) electrons. The Bertz CT molecular complexity index is 707. The first kappa shape index (κ1) is 16.2. The van der Waals surface area contributed by atoms with E-state index in [2.05, 4.69) is 22.1 Å². The summed E-state index contributed by atoms with van der Waals surface area (Å²) in [6.07, 6.45) is 9.96. The van der Waals surface area contributed by atoms with Crippen LogP contribution in [0.3, 0.4) is 0 Å². The highest BCUT2D eigenvalue weighted by Crippen LogP contribution is 2.36. The fourth-order valence-corrected chi connectivity index (χ4v) is 4.01. The molecule has 0 N–H and O–H groups in total. The van der Waals surface area contributed by atoms with Gasteiger partial charge in [-0.2, -0.15) is 0 Å². The van der Waals surface area contributed by atoms with E-state index in [9.17, 15) is 4.79 Å². The predicted molar refractivity (Wildman–Crippen MR) is 93.7 cm³/mol. The van der Waals surface area contributed by atoms with Crippen molar-refractivity contribution >= 4 is 5.91 Å². The zero-order valence-corrected chi connectivity index (χ0v) is 14.3. The lowest BCUT2D eigenvalue weighted by Gasteiger charge is -2.24. The van der Waals surface area contributed by atoms with Gasteiger partial charge >= 0.3 is 0 Å². The van der Waals surface area contributed by atoms with E-state index >= 15 is 0 Å². The lowest BCUT2D eigenvalue weighted by atomic mass is 9.94. The molecule has 5 nitrogen and oxygen atoms in total. The van der Waals surface area contributed by atoms with Crippen molar-refractivity contribution in [1.29, 1.82) is 0 Å². The van der Waals surface area contributed by atoms with Gasteiger partial charge in [0.2, 0.25) is 5.91 Å². The van der Waals surface area contributed by atoms with E-state index < -0.39 is 0 Å². The molecular formula is C20H23N3O2. The van der Waals surface area contributed by atoms with Crippen LogP contribution in [0.2, 0.25) is 0 Å². The lowest BCUT2D eigenvalue weighted by molar-refractivity contribution is -0.136. The second-order valence-electron chi connectivity index (χ2n) is 6.97. The second kappa shape index (κ2) is 7.31. The van der Waals surface area contributed by atoms with Gasteiger partial charge in [0.15, 0.2) is 0 Å². The summed E-state index contributed by atoms with van der Waals surface area (Å²) in [5.74, 6) is 0.715. The average Bonchev–Trinajstić information content (AvgIpc) is 3.32. The van der Waals surface area contributed by atoms with Crippen LogP contribution in [0.5, 0.6) is 0 Å². The minimum Gasteiger partial charge on any atom is -0.373 e. The molecule has 2 aliphatic rings. The number of carbonyl (C=O) groups excluding carboxylic acids is 1. The molecule has 130 valence electrons. The highest BCUT2D eigenvalue weighted by Gasteiger charge is 2.39. The Morgan fingerprint density at radius 3 is 2.56 bits per heavy atom. The number of ether oxygens (including phenoxy) is 1. The van der Waals surface area contributed by atoms with E-state index in [0.717, 1.165) is 37.9 Å². The third kappa shape index (κ3) is 3.56. The van der Waals surface area contributed by atoms with Crippen LogP contribution in [0.4, 0.5) is 0 Å². The van der Waals surface area contributed by atoms with Crippen LogP contribution < -0.4 is 0 Å². The Kier molecular flexibility index (Phi) is 4.74. The Hall–Kier alpha value is -2.27. The fraction of sp³-hybridized carbons (Fsp3) is 0.450. The first-order valence-electron chi connectivity index (χ1n) is 9.00. The maximum absolute atomic E-state index is 13.0. The minimum absolute atomic E-state index is 0.0675. The molecule has 1 amide bonds. The van der Waals surface area contributed by atoms with Crippen LogP contribution in [0.1, 0.15) is 30.1 Å². The Balaban J connectivity index is 1.39. The van der Waals surface area contributed by atoms with E-state index in [1.165, 1.54) is 5.56 Å². The van der Waals surface area contributed by atoms with E-state index in [1.54, 1.807) is 12.4 Å². The molecule has 25 heavy (non-hydrogen) atoms. The fourth-order valence-electron chi connectivity index (χ4n) is 4.01. The van der Waals surface area contributed by atoms with E-state index in [0.29, 0.717) is 12.5 Å². The maximum Gasteiger partial charge on any atom is 0.228 e. The van der Waals surface area contributed by atoms with Crippen molar-refractivity contribution in [1.82, 2.24) is 14.9 Å². The van der Waals surface area contributed by atoms with Crippen LogP contribution in [0, 0.1) is 11.8 Å². The summed E-state index contributed by atoms with van der Waals surface area (Å²) >= 11 is 0. The van der Waals surface area contributed by atoms with E-state index in [-0.39, 0.29) is 17.9 Å². The molecule has 3 atom stereocenters. The quantitative estimate of drug-likeness (QED) is 0.861. The summed E-state index contributed by atoms with van der Waals surface area (Å²) in [4.78, 5) is 23.2. The summed E-state index contributed by atoms with van der Waals surface area (Å²) in [7, 11) is 0. The minimum atomic E-state index is -0.130. The van der Waals surface area contributed by atoms with Crippen LogP contribution in [0.25, 0.3) is 0 Å². The molecule has 2 aromatic rings. The molecule has 2 fully saturated rings. The molecule has 2 saturated heterocycles. The Morgan fingerprint density at radius 2 is 1.80 bits per heavy atom. The maximum atomic E-state index is 13.0. The van der Waals surface area contributed by atoms with Gasteiger partial charge in [-0.15, -0.1) is 0 Å². The second-order valence-corrected chi connectivity index (χ2v) is 6.97. The number of amides is 1. The molecule has 0 spiro atoms. The van der Waals surface area contributed by atoms with Crippen molar-refractivity contribution in [2.24, 2.45) is 11.8 Å². The standard InChI is InChI=1S/C20H23N3O2/c24-20(18-6-12-25-19(18)17-3-9-22-10-4-17)23-11-5-16(14-23)13-15-1-7-21-8-2-15/h1-4,7-10,16,18-19H,5-6,11-14H2/t16?,18-,19+/m1/s1. The molecule has 4 heterocycles. The van der Waals surface area contributed by atoms with Gasteiger partial charge in [0.05, 0.1) is 12.0 Å². The smallest absolute Gasteiger partial charge is 0.228 e. The number of likely N-dealkylation sites (tertiary alicyclic amines) is 1. The average molecular weight is 337 g/mol. The molecule has 0 saturated carbocycles. The number of hydrogen-bond acceptors (Lipinski definition) is 4. The van der Waals surface area contributed by atoms with Crippen LogP contribution in [0.15, 0.2) is 49.1 Å². The number of pyridine rings is 2. The topological polar surface area (TPSA) is 55.3 Å². The van der Waals surface area contributed by atoms with Crippen LogP contribution in [-0.4, -0.2) is 40.5 Å². The number of aromatic nitrogens is 2. The molecule has 2 aliphatic heterocycles. The number of hydrogen-bond donors (Lipinski definition) is 0. The van der Waals surface area contributed by atoms with Gasteiger partial charge in [-0.1, -0.05) is 0 Å². The highest BCUT2D eigenvalue weighted by atomic mass is 16.5. The summed E-state index contributed by atoms with van der Waals surface area (Å²) in [5, 5.41) is 0. The monoisotopic (exact) mass is 337 g/mol. The molecule has 0 aromatic carbocycles. The Morgan fingerprint density at radius 1 is 1.08 bits per heavy atom. The predicted octanol–water partition coefficient (Wildman–Crippen LogP) is 2.65. The van der Waals surface area contributed by atoms with Crippen molar-refractivity contribution < 1.29 is 9.53 Å². The van der Waals surface area contributed by atoms with Crippen molar-refractivity contribution in [2.75, 3.05) is 19.7 Å². The first-order valence-corrected chi connectivity index (χ1v) is 9.00. The van der Waals surface area contributed by atoms with E-state index in [1.807, 2.05) is 29.4 Å². The normalized spacial score (nSPS) is 26.1. The summed E-state index contributed by atoms with van der Waals surface area (Å²) in [5.41, 5.74) is 2.35. The van der Waals surface area contributed by atoms with E-state index in [4.69, 9.17) is 4.74 Å². The van der Waals surface area contributed by atoms with Gasteiger partial charge in [0, 0.05) is 44.5 Å². The first-order chi connectivity index (χ1) is 12.3. The van der Waals surface area contributed by atoms with Gasteiger partial charge in [-0.25, -0.2) is 0 Å². The third-order valence-corrected chi connectivity index (χ3v) is 5.31. The van der Waals surface area contributed by atoms with Crippen molar-refractivity contribution in [3.05, 3.63) is 60.2 Å². The molecule has 0 bridgehead atoms. The molecular weight excluding hydrogens is 314 g/mol. The van der Waals surface area contributed by atoms with Gasteiger partial charge in [0.1, 0.15) is 0 Å². The van der Waals surface area contributed by atoms with Gasteiger partial charge < -0.3 is 9.64 Å². The van der Waals surface area contributed by atoms with Crippen LogP contribution in [-0.2, 0) is 16.0 Å². The lowest BCUT2D eigenvalue weighted by Crippen LogP contribution is -2.35. The SMILES string of the molecule is O=C([C@@H]1CCO[C@H]1c1ccncc1)N1CCC(Cc2ccncc2)C1. The molecule has 4 rings (SSSR count). The van der Waals surface area contributed by atoms with Crippen molar-refractivity contribution in [2.45, 2.75) is 25.4 Å². The molecule has 1 unspecified atom stereocenters. The summed E-state index contributed by atoms with van der Waals surface area (Å²) < 4.78 is 5.87. The zero-order chi connectivity index (χ0) is 17.1. The molecule has 0 aliphatic carbocycles. The largest absolute Gasteiger partial charge is 0.373 e. The number of nitrogens with zero attached hydrogens (tertiary/aromatic N) is 3. The zero-order valence-electron chi connectivity index (χ0n) is 14.3.